The number of anilines is 2. The Morgan fingerprint density at radius 1 is 1.12 bits per heavy atom. The molecular formula is C23H28FN5O3S2. The maximum atomic E-state index is 13.3. The highest BCUT2D eigenvalue weighted by atomic mass is 32.2. The van der Waals surface area contributed by atoms with Crippen molar-refractivity contribution in [3.8, 4) is 0 Å². The molecule has 1 amide bonds. The fourth-order valence-electron chi connectivity index (χ4n) is 3.68. The normalized spacial score (nSPS) is 11.5. The SMILES string of the molecule is CCn1c(CN(c2ccc(F)cc2)S(C)(=O)=O)nnc1SCC(=O)Nc1c(C)cc(C)cc1C. The first kappa shape index (κ1) is 25.7. The number of aromatic nitrogens is 3. The summed E-state index contributed by atoms with van der Waals surface area (Å²) in [5.41, 5.74) is 4.26. The van der Waals surface area contributed by atoms with Gasteiger partial charge in [0.25, 0.3) is 0 Å². The lowest BCUT2D eigenvalue weighted by atomic mass is 10.1. The molecule has 0 atom stereocenters. The zero-order chi connectivity index (χ0) is 25.0. The van der Waals surface area contributed by atoms with Crippen LogP contribution in [-0.2, 0) is 27.9 Å². The predicted molar refractivity (Wildman–Crippen MR) is 133 cm³/mol. The summed E-state index contributed by atoms with van der Waals surface area (Å²) in [7, 11) is -3.66. The van der Waals surface area contributed by atoms with Gasteiger partial charge in [-0.25, -0.2) is 12.8 Å². The molecule has 1 N–H and O–H groups in total. The lowest BCUT2D eigenvalue weighted by molar-refractivity contribution is -0.113. The molecule has 8 nitrogen and oxygen atoms in total. The van der Waals surface area contributed by atoms with E-state index < -0.39 is 15.8 Å². The van der Waals surface area contributed by atoms with E-state index >= 15 is 0 Å². The number of carbonyl (C=O) groups excluding carboxylic acids is 1. The topological polar surface area (TPSA) is 97.2 Å². The van der Waals surface area contributed by atoms with Crippen LogP contribution in [0.25, 0.3) is 0 Å². The monoisotopic (exact) mass is 505 g/mol. The van der Waals surface area contributed by atoms with Crippen LogP contribution >= 0.6 is 11.8 Å². The highest BCUT2D eigenvalue weighted by molar-refractivity contribution is 7.99. The lowest BCUT2D eigenvalue weighted by Gasteiger charge is -2.22. The number of hydrogen-bond donors (Lipinski definition) is 1. The zero-order valence-corrected chi connectivity index (χ0v) is 21.4. The van der Waals surface area contributed by atoms with Crippen molar-refractivity contribution < 1.29 is 17.6 Å². The van der Waals surface area contributed by atoms with Gasteiger partial charge in [-0.1, -0.05) is 29.5 Å². The van der Waals surface area contributed by atoms with E-state index in [4.69, 9.17) is 0 Å². The second kappa shape index (κ2) is 10.6. The van der Waals surface area contributed by atoms with Crippen LogP contribution in [0.15, 0.2) is 41.6 Å². The van der Waals surface area contributed by atoms with Crippen molar-refractivity contribution in [2.75, 3.05) is 21.6 Å². The van der Waals surface area contributed by atoms with E-state index in [1.54, 1.807) is 4.57 Å². The fraction of sp³-hybridized carbons (Fsp3) is 0.348. The average Bonchev–Trinajstić information content (AvgIpc) is 3.14. The van der Waals surface area contributed by atoms with E-state index in [-0.39, 0.29) is 18.2 Å². The Bertz CT molecular complexity index is 1270. The second-order valence-electron chi connectivity index (χ2n) is 8.00. The molecule has 0 saturated heterocycles. The van der Waals surface area contributed by atoms with E-state index in [1.807, 2.05) is 39.8 Å². The number of sulfonamides is 1. The standard InChI is InChI=1S/C23H28FN5O3S2/c1-6-28-20(13-29(34(5,31)32)19-9-7-18(24)8-10-19)26-27-23(28)33-14-21(30)25-22-16(3)11-15(2)12-17(22)4/h7-12H,6,13-14H2,1-5H3,(H,25,30). The van der Waals surface area contributed by atoms with Gasteiger partial charge in [0.2, 0.25) is 15.9 Å². The molecule has 3 rings (SSSR count). The van der Waals surface area contributed by atoms with Gasteiger partial charge in [-0.2, -0.15) is 0 Å². The second-order valence-corrected chi connectivity index (χ2v) is 10.8. The van der Waals surface area contributed by atoms with Gasteiger partial charge >= 0.3 is 0 Å². The summed E-state index contributed by atoms with van der Waals surface area (Å²) in [5, 5.41) is 11.8. The largest absolute Gasteiger partial charge is 0.325 e. The van der Waals surface area contributed by atoms with Crippen LogP contribution in [0.1, 0.15) is 29.4 Å². The Morgan fingerprint density at radius 3 is 2.29 bits per heavy atom. The van der Waals surface area contributed by atoms with Crippen molar-refractivity contribution in [3.05, 3.63) is 64.7 Å². The van der Waals surface area contributed by atoms with Crippen molar-refractivity contribution in [1.29, 1.82) is 0 Å². The van der Waals surface area contributed by atoms with Gasteiger partial charge in [-0.05, 0) is 63.1 Å². The van der Waals surface area contributed by atoms with Gasteiger partial charge in [-0.15, -0.1) is 10.2 Å². The van der Waals surface area contributed by atoms with E-state index in [0.29, 0.717) is 23.2 Å². The number of halogens is 1. The summed E-state index contributed by atoms with van der Waals surface area (Å²) in [4.78, 5) is 12.6. The number of thioether (sulfide) groups is 1. The third-order valence-electron chi connectivity index (χ3n) is 5.18. The molecule has 0 spiro atoms. The van der Waals surface area contributed by atoms with Crippen LogP contribution in [0.3, 0.4) is 0 Å². The molecule has 11 heteroatoms. The van der Waals surface area contributed by atoms with Crippen LogP contribution in [0.4, 0.5) is 15.8 Å². The summed E-state index contributed by atoms with van der Waals surface area (Å²) in [6.07, 6.45) is 1.08. The predicted octanol–water partition coefficient (Wildman–Crippen LogP) is 4.06. The maximum Gasteiger partial charge on any atom is 0.234 e. The van der Waals surface area contributed by atoms with E-state index in [0.717, 1.165) is 32.9 Å². The van der Waals surface area contributed by atoms with E-state index in [1.165, 1.54) is 36.0 Å². The Labute approximate surface area is 203 Å². The van der Waals surface area contributed by atoms with Crippen LogP contribution in [0, 0.1) is 26.6 Å². The minimum atomic E-state index is -3.66. The minimum absolute atomic E-state index is 0.0696. The minimum Gasteiger partial charge on any atom is -0.325 e. The third kappa shape index (κ3) is 6.15. The van der Waals surface area contributed by atoms with Gasteiger partial charge in [0.1, 0.15) is 5.82 Å². The molecule has 0 aliphatic heterocycles. The number of hydrogen-bond acceptors (Lipinski definition) is 6. The van der Waals surface area contributed by atoms with Gasteiger partial charge in [0.15, 0.2) is 11.0 Å². The van der Waals surface area contributed by atoms with E-state index in [2.05, 4.69) is 15.5 Å². The number of benzene rings is 2. The van der Waals surface area contributed by atoms with Crippen molar-refractivity contribution in [2.24, 2.45) is 0 Å². The summed E-state index contributed by atoms with van der Waals surface area (Å²) >= 11 is 1.23. The summed E-state index contributed by atoms with van der Waals surface area (Å²) in [5.74, 6) is -0.0813. The highest BCUT2D eigenvalue weighted by Crippen LogP contribution is 2.25. The van der Waals surface area contributed by atoms with Crippen molar-refractivity contribution in [2.45, 2.75) is 45.9 Å². The third-order valence-corrected chi connectivity index (χ3v) is 7.29. The molecule has 1 aromatic heterocycles. The number of rotatable bonds is 9. The number of nitrogens with one attached hydrogen (secondary N) is 1. The molecule has 0 saturated carbocycles. The lowest BCUT2D eigenvalue weighted by Crippen LogP contribution is -2.30. The molecule has 34 heavy (non-hydrogen) atoms. The van der Waals surface area contributed by atoms with Crippen molar-refractivity contribution in [1.82, 2.24) is 14.8 Å². The van der Waals surface area contributed by atoms with Gasteiger partial charge in [0.05, 0.1) is 24.2 Å². The van der Waals surface area contributed by atoms with Crippen molar-refractivity contribution in [3.63, 3.8) is 0 Å². The Kier molecular flexibility index (Phi) is 7.98. The van der Waals surface area contributed by atoms with Gasteiger partial charge in [0, 0.05) is 12.2 Å². The number of amides is 1. The first-order chi connectivity index (χ1) is 16.0. The smallest absolute Gasteiger partial charge is 0.234 e. The van der Waals surface area contributed by atoms with Crippen molar-refractivity contribution >= 4 is 39.1 Å². The molecule has 0 fully saturated rings. The quantitative estimate of drug-likeness (QED) is 0.441. The summed E-state index contributed by atoms with van der Waals surface area (Å²) < 4.78 is 41.0. The summed E-state index contributed by atoms with van der Waals surface area (Å²) in [6, 6.07) is 9.25. The number of aryl methyl sites for hydroxylation is 3. The Morgan fingerprint density at radius 2 is 1.74 bits per heavy atom. The van der Waals surface area contributed by atoms with Crippen LogP contribution in [0.2, 0.25) is 0 Å². The Balaban J connectivity index is 1.75. The fourth-order valence-corrected chi connectivity index (χ4v) is 5.35. The molecule has 1 heterocycles. The Hall–Kier alpha value is -2.92. The maximum absolute atomic E-state index is 13.3. The first-order valence-corrected chi connectivity index (χ1v) is 13.5. The van der Waals surface area contributed by atoms with Crippen LogP contribution < -0.4 is 9.62 Å². The molecule has 182 valence electrons. The first-order valence-electron chi connectivity index (χ1n) is 10.7. The molecule has 0 radical (unpaired) electrons. The van der Waals surface area contributed by atoms with E-state index in [9.17, 15) is 17.6 Å². The molecule has 3 aromatic rings. The van der Waals surface area contributed by atoms with Crippen LogP contribution in [0.5, 0.6) is 0 Å². The molecular weight excluding hydrogens is 477 g/mol. The van der Waals surface area contributed by atoms with Gasteiger partial charge < -0.3 is 9.88 Å². The highest BCUT2D eigenvalue weighted by Gasteiger charge is 2.22. The van der Waals surface area contributed by atoms with Crippen LogP contribution in [-0.4, -0.2) is 41.1 Å². The molecule has 0 bridgehead atoms. The number of nitrogens with zero attached hydrogens (tertiary/aromatic N) is 4. The summed E-state index contributed by atoms with van der Waals surface area (Å²) in [6.45, 7) is 8.23. The molecule has 0 aliphatic carbocycles. The molecule has 2 aromatic carbocycles. The zero-order valence-electron chi connectivity index (χ0n) is 19.8. The van der Waals surface area contributed by atoms with Gasteiger partial charge in [-0.3, -0.25) is 9.10 Å². The molecule has 0 aliphatic rings. The molecule has 0 unspecified atom stereocenters. The average molecular weight is 506 g/mol. The number of carbonyl (C=O) groups is 1.